The minimum Gasteiger partial charge on any atom is -0.309 e. The summed E-state index contributed by atoms with van der Waals surface area (Å²) in [5, 5.41) is 11.1. The number of benzene rings is 1. The zero-order chi connectivity index (χ0) is 14.7. The molecule has 2 aromatic rings. The van der Waals surface area contributed by atoms with Gasteiger partial charge >= 0.3 is 0 Å². The number of hydrogen-bond donors (Lipinski definition) is 2. The van der Waals surface area contributed by atoms with Crippen LogP contribution in [0, 0.1) is 5.92 Å². The maximum Gasteiger partial charge on any atom is 0.0695 e. The summed E-state index contributed by atoms with van der Waals surface area (Å²) in [4.78, 5) is 2.41. The van der Waals surface area contributed by atoms with Gasteiger partial charge in [-0.3, -0.25) is 5.10 Å². The lowest BCUT2D eigenvalue weighted by Crippen LogP contribution is -2.46. The van der Waals surface area contributed by atoms with Crippen molar-refractivity contribution in [2.75, 3.05) is 20.1 Å². The van der Waals surface area contributed by atoms with Gasteiger partial charge in [0.05, 0.1) is 11.9 Å². The number of H-pyrrole nitrogens is 1. The van der Waals surface area contributed by atoms with Crippen LogP contribution in [0.1, 0.15) is 18.9 Å². The molecule has 4 heteroatoms. The molecule has 1 saturated heterocycles. The third kappa shape index (κ3) is 3.34. The standard InChI is InChI=1S/C17H24N4/c1-13-12-21(2)9-8-16(13)18-10-15-11-19-20-17(15)14-6-4-3-5-7-14/h3-7,11,13,16,18H,8-10,12H2,1-2H3,(H,19,20). The fourth-order valence-corrected chi connectivity index (χ4v) is 3.20. The quantitative estimate of drug-likeness (QED) is 0.906. The Balaban J connectivity index is 1.65. The Morgan fingerprint density at radius 2 is 2.14 bits per heavy atom. The van der Waals surface area contributed by atoms with Crippen molar-refractivity contribution >= 4 is 0 Å². The summed E-state index contributed by atoms with van der Waals surface area (Å²) >= 11 is 0. The van der Waals surface area contributed by atoms with Gasteiger partial charge in [0.15, 0.2) is 0 Å². The van der Waals surface area contributed by atoms with Crippen LogP contribution in [-0.4, -0.2) is 41.3 Å². The number of nitrogens with zero attached hydrogens (tertiary/aromatic N) is 2. The number of hydrogen-bond acceptors (Lipinski definition) is 3. The topological polar surface area (TPSA) is 44.0 Å². The van der Waals surface area contributed by atoms with Gasteiger partial charge in [-0.25, -0.2) is 0 Å². The summed E-state index contributed by atoms with van der Waals surface area (Å²) in [6.45, 7) is 5.56. The Morgan fingerprint density at radius 3 is 2.90 bits per heavy atom. The van der Waals surface area contributed by atoms with Crippen LogP contribution in [-0.2, 0) is 6.54 Å². The molecule has 2 N–H and O–H groups in total. The van der Waals surface area contributed by atoms with Crippen LogP contribution in [0.15, 0.2) is 36.5 Å². The Morgan fingerprint density at radius 1 is 1.33 bits per heavy atom. The first-order valence-electron chi connectivity index (χ1n) is 7.73. The van der Waals surface area contributed by atoms with E-state index in [0.29, 0.717) is 12.0 Å². The molecule has 2 heterocycles. The van der Waals surface area contributed by atoms with Crippen LogP contribution in [0.4, 0.5) is 0 Å². The zero-order valence-corrected chi connectivity index (χ0v) is 12.8. The number of nitrogens with one attached hydrogen (secondary N) is 2. The monoisotopic (exact) mass is 284 g/mol. The van der Waals surface area contributed by atoms with Crippen LogP contribution < -0.4 is 5.32 Å². The second kappa shape index (κ2) is 6.41. The van der Waals surface area contributed by atoms with Crippen molar-refractivity contribution in [3.05, 3.63) is 42.1 Å². The van der Waals surface area contributed by atoms with Gasteiger partial charge in [0.1, 0.15) is 0 Å². The van der Waals surface area contributed by atoms with Crippen LogP contribution in [0.2, 0.25) is 0 Å². The lowest BCUT2D eigenvalue weighted by atomic mass is 9.94. The average Bonchev–Trinajstić information content (AvgIpc) is 2.96. The molecule has 1 aliphatic rings. The molecule has 2 unspecified atom stereocenters. The molecule has 21 heavy (non-hydrogen) atoms. The highest BCUT2D eigenvalue weighted by Gasteiger charge is 2.23. The van der Waals surface area contributed by atoms with Gasteiger partial charge in [0.2, 0.25) is 0 Å². The molecule has 2 atom stereocenters. The Bertz CT molecular complexity index is 563. The van der Waals surface area contributed by atoms with E-state index in [1.165, 1.54) is 30.6 Å². The Hall–Kier alpha value is -1.65. The van der Waals surface area contributed by atoms with Gasteiger partial charge in [-0.15, -0.1) is 0 Å². The van der Waals surface area contributed by atoms with Crippen molar-refractivity contribution in [3.8, 4) is 11.3 Å². The van der Waals surface area contributed by atoms with Gasteiger partial charge in [0, 0.05) is 24.7 Å². The summed E-state index contributed by atoms with van der Waals surface area (Å²) in [5.74, 6) is 0.691. The minimum absolute atomic E-state index is 0.597. The van der Waals surface area contributed by atoms with Crippen molar-refractivity contribution in [2.45, 2.75) is 25.9 Å². The van der Waals surface area contributed by atoms with E-state index >= 15 is 0 Å². The SMILES string of the molecule is CC1CN(C)CCC1NCc1cn[nH]c1-c1ccccc1. The number of rotatable bonds is 4. The normalized spacial score (nSPS) is 23.3. The van der Waals surface area contributed by atoms with Crippen molar-refractivity contribution in [1.82, 2.24) is 20.4 Å². The van der Waals surface area contributed by atoms with E-state index in [1.54, 1.807) is 0 Å². The molecule has 1 aliphatic heterocycles. The largest absolute Gasteiger partial charge is 0.309 e. The predicted octanol–water partition coefficient (Wildman–Crippen LogP) is 2.51. The van der Waals surface area contributed by atoms with E-state index in [4.69, 9.17) is 0 Å². The molecule has 0 aliphatic carbocycles. The average molecular weight is 284 g/mol. The molecule has 0 bridgehead atoms. The molecular weight excluding hydrogens is 260 g/mol. The highest BCUT2D eigenvalue weighted by Crippen LogP contribution is 2.21. The molecule has 0 amide bonds. The predicted molar refractivity (Wildman–Crippen MR) is 85.9 cm³/mol. The zero-order valence-electron chi connectivity index (χ0n) is 12.8. The molecule has 4 nitrogen and oxygen atoms in total. The first kappa shape index (κ1) is 14.3. The van der Waals surface area contributed by atoms with E-state index in [-0.39, 0.29) is 0 Å². The second-order valence-electron chi connectivity index (χ2n) is 6.15. The van der Waals surface area contributed by atoms with E-state index < -0.39 is 0 Å². The van der Waals surface area contributed by atoms with Gasteiger partial charge in [-0.2, -0.15) is 5.10 Å². The maximum absolute atomic E-state index is 4.22. The molecule has 0 radical (unpaired) electrons. The minimum atomic E-state index is 0.597. The molecular formula is C17H24N4. The smallest absolute Gasteiger partial charge is 0.0695 e. The first-order chi connectivity index (χ1) is 10.2. The van der Waals surface area contributed by atoms with E-state index in [1.807, 2.05) is 12.3 Å². The summed E-state index contributed by atoms with van der Waals surface area (Å²) in [6, 6.07) is 11.0. The van der Waals surface area contributed by atoms with E-state index in [9.17, 15) is 0 Å². The van der Waals surface area contributed by atoms with Crippen molar-refractivity contribution in [3.63, 3.8) is 0 Å². The van der Waals surface area contributed by atoms with Crippen LogP contribution in [0.3, 0.4) is 0 Å². The van der Waals surface area contributed by atoms with Crippen LogP contribution >= 0.6 is 0 Å². The van der Waals surface area contributed by atoms with Crippen molar-refractivity contribution in [2.24, 2.45) is 5.92 Å². The fourth-order valence-electron chi connectivity index (χ4n) is 3.20. The molecule has 0 saturated carbocycles. The molecule has 1 aromatic heterocycles. The van der Waals surface area contributed by atoms with Gasteiger partial charge in [0.25, 0.3) is 0 Å². The van der Waals surface area contributed by atoms with Gasteiger partial charge in [-0.05, 0) is 31.5 Å². The maximum atomic E-state index is 4.22. The Labute approximate surface area is 126 Å². The third-order valence-corrected chi connectivity index (χ3v) is 4.44. The Kier molecular flexibility index (Phi) is 4.36. The molecule has 0 spiro atoms. The van der Waals surface area contributed by atoms with E-state index in [2.05, 4.69) is 58.7 Å². The summed E-state index contributed by atoms with van der Waals surface area (Å²) in [7, 11) is 2.20. The summed E-state index contributed by atoms with van der Waals surface area (Å²) in [5.41, 5.74) is 3.57. The number of piperidine rings is 1. The summed E-state index contributed by atoms with van der Waals surface area (Å²) in [6.07, 6.45) is 3.16. The highest BCUT2D eigenvalue weighted by atomic mass is 15.1. The number of aromatic nitrogens is 2. The fraction of sp³-hybridized carbons (Fsp3) is 0.471. The van der Waals surface area contributed by atoms with Gasteiger partial charge in [-0.1, -0.05) is 37.3 Å². The molecule has 1 aromatic carbocycles. The number of aromatic amines is 1. The van der Waals surface area contributed by atoms with Crippen molar-refractivity contribution in [1.29, 1.82) is 0 Å². The lowest BCUT2D eigenvalue weighted by molar-refractivity contribution is 0.174. The summed E-state index contributed by atoms with van der Waals surface area (Å²) < 4.78 is 0. The van der Waals surface area contributed by atoms with Gasteiger partial charge < -0.3 is 10.2 Å². The van der Waals surface area contributed by atoms with E-state index in [0.717, 1.165) is 12.2 Å². The molecule has 3 rings (SSSR count). The molecule has 112 valence electrons. The van der Waals surface area contributed by atoms with Crippen LogP contribution in [0.5, 0.6) is 0 Å². The number of likely N-dealkylation sites (tertiary alicyclic amines) is 1. The van der Waals surface area contributed by atoms with Crippen LogP contribution in [0.25, 0.3) is 11.3 Å². The van der Waals surface area contributed by atoms with Crippen molar-refractivity contribution < 1.29 is 0 Å². The third-order valence-electron chi connectivity index (χ3n) is 4.44. The highest BCUT2D eigenvalue weighted by molar-refractivity contribution is 5.62. The lowest BCUT2D eigenvalue weighted by Gasteiger charge is -2.35. The second-order valence-corrected chi connectivity index (χ2v) is 6.15. The molecule has 1 fully saturated rings. The first-order valence-corrected chi connectivity index (χ1v) is 7.73.